The van der Waals surface area contributed by atoms with Crippen molar-refractivity contribution in [3.05, 3.63) is 89.7 Å². The summed E-state index contributed by atoms with van der Waals surface area (Å²) in [6.07, 6.45) is -7.77. The van der Waals surface area contributed by atoms with Crippen LogP contribution in [0.25, 0.3) is 0 Å². The number of amides is 1. The number of aromatic hydroxyl groups is 1. The van der Waals surface area contributed by atoms with Gasteiger partial charge in [-0.2, -0.15) is 13.2 Å². The number of carbonyl (C=O) groups excluding carboxylic acids is 1. The van der Waals surface area contributed by atoms with Gasteiger partial charge in [0.2, 0.25) is 0 Å². The van der Waals surface area contributed by atoms with Crippen LogP contribution in [0.2, 0.25) is 0 Å². The minimum Gasteiger partial charge on any atom is -0.508 e. The van der Waals surface area contributed by atoms with Crippen molar-refractivity contribution in [1.82, 2.24) is 0 Å². The molecule has 1 aliphatic heterocycles. The van der Waals surface area contributed by atoms with E-state index in [0.29, 0.717) is 11.3 Å². The number of ether oxygens (including phenoxy) is 2. The van der Waals surface area contributed by atoms with Gasteiger partial charge in [-0.05, 0) is 66.2 Å². The van der Waals surface area contributed by atoms with Gasteiger partial charge in [-0.25, -0.2) is 9.18 Å². The summed E-state index contributed by atoms with van der Waals surface area (Å²) in [6, 6.07) is 14.1. The maximum atomic E-state index is 13.4. The number of phenols is 1. The minimum absolute atomic E-state index is 0.00920. The van der Waals surface area contributed by atoms with Crippen LogP contribution in [0.1, 0.15) is 17.2 Å². The lowest BCUT2D eigenvalue weighted by Gasteiger charge is -2.27. The molecule has 0 bridgehead atoms. The molecule has 2 N–H and O–H groups in total. The van der Waals surface area contributed by atoms with Crippen LogP contribution in [0.4, 0.5) is 28.0 Å². The first-order valence-corrected chi connectivity index (χ1v) is 10.2. The molecule has 3 atom stereocenters. The first kappa shape index (κ1) is 23.4. The first-order chi connectivity index (χ1) is 16.1. The van der Waals surface area contributed by atoms with Crippen molar-refractivity contribution in [1.29, 1.82) is 0 Å². The normalized spacial score (nSPS) is 19.1. The fraction of sp³-hybridized carbons (Fsp3) is 0.208. The van der Waals surface area contributed by atoms with Crippen LogP contribution in [0.3, 0.4) is 0 Å². The van der Waals surface area contributed by atoms with E-state index >= 15 is 0 Å². The third-order valence-electron chi connectivity index (χ3n) is 5.34. The topological polar surface area (TPSA) is 79.2 Å². The van der Waals surface area contributed by atoms with E-state index in [1.807, 2.05) is 0 Å². The van der Waals surface area contributed by atoms with Crippen molar-refractivity contribution in [2.24, 2.45) is 0 Å². The molecule has 10 heteroatoms. The van der Waals surface area contributed by atoms with Crippen molar-refractivity contribution < 1.29 is 42.0 Å². The standard InChI is InChI=1S/C24H19F4NO5/c25-16-5-7-17(8-6-16)29-21(14-1-9-18(30)10-2-14)22(34-23(29)32)20(31)13-33-19-11-3-15(4-12-19)24(26,27)28/h1-12,20-22,30-31H,13H2. The quantitative estimate of drug-likeness (QED) is 0.486. The molecule has 6 nitrogen and oxygen atoms in total. The number of cyclic esters (lactones) is 1. The fourth-order valence-electron chi connectivity index (χ4n) is 3.68. The number of carbonyl (C=O) groups is 1. The van der Waals surface area contributed by atoms with Crippen molar-refractivity contribution in [2.75, 3.05) is 11.5 Å². The molecule has 1 amide bonds. The van der Waals surface area contributed by atoms with E-state index < -0.39 is 41.9 Å². The van der Waals surface area contributed by atoms with Gasteiger partial charge in [0.05, 0.1) is 5.56 Å². The molecule has 4 rings (SSSR count). The molecule has 1 fully saturated rings. The largest absolute Gasteiger partial charge is 0.508 e. The number of anilines is 1. The molecule has 0 radical (unpaired) electrons. The van der Waals surface area contributed by atoms with E-state index in [1.54, 1.807) is 12.1 Å². The smallest absolute Gasteiger partial charge is 0.416 e. The van der Waals surface area contributed by atoms with Gasteiger partial charge >= 0.3 is 12.3 Å². The highest BCUT2D eigenvalue weighted by atomic mass is 19.4. The third kappa shape index (κ3) is 4.91. The lowest BCUT2D eigenvalue weighted by Crippen LogP contribution is -2.38. The molecule has 178 valence electrons. The number of rotatable bonds is 6. The molecule has 0 aliphatic carbocycles. The summed E-state index contributed by atoms with van der Waals surface area (Å²) in [7, 11) is 0. The number of alkyl halides is 3. The van der Waals surface area contributed by atoms with Gasteiger partial charge in [0.1, 0.15) is 36.1 Å². The number of aliphatic hydroxyl groups excluding tert-OH is 1. The zero-order valence-corrected chi connectivity index (χ0v) is 17.4. The van der Waals surface area contributed by atoms with Gasteiger partial charge in [0.25, 0.3) is 0 Å². The van der Waals surface area contributed by atoms with Crippen LogP contribution in [0.15, 0.2) is 72.8 Å². The summed E-state index contributed by atoms with van der Waals surface area (Å²) in [5, 5.41) is 20.4. The summed E-state index contributed by atoms with van der Waals surface area (Å²) in [4.78, 5) is 14.0. The number of phenolic OH excluding ortho intramolecular Hbond substituents is 1. The highest BCUT2D eigenvalue weighted by Crippen LogP contribution is 2.39. The van der Waals surface area contributed by atoms with Gasteiger partial charge in [0.15, 0.2) is 6.10 Å². The summed E-state index contributed by atoms with van der Waals surface area (Å²) in [6.45, 7) is -0.380. The van der Waals surface area contributed by atoms with Crippen LogP contribution in [-0.2, 0) is 10.9 Å². The summed E-state index contributed by atoms with van der Waals surface area (Å²) < 4.78 is 62.5. The summed E-state index contributed by atoms with van der Waals surface area (Å²) in [5.41, 5.74) is 0.00171. The Balaban J connectivity index is 1.56. The molecule has 34 heavy (non-hydrogen) atoms. The SMILES string of the molecule is O=C1OC(C(O)COc2ccc(C(F)(F)F)cc2)C(c2ccc(O)cc2)N1c1ccc(F)cc1. The highest BCUT2D eigenvalue weighted by molar-refractivity contribution is 5.91. The van der Waals surface area contributed by atoms with Crippen LogP contribution in [0.5, 0.6) is 11.5 Å². The second-order valence-electron chi connectivity index (χ2n) is 7.63. The summed E-state index contributed by atoms with van der Waals surface area (Å²) >= 11 is 0. The van der Waals surface area contributed by atoms with Crippen molar-refractivity contribution in [2.45, 2.75) is 24.4 Å². The number of halogens is 4. The van der Waals surface area contributed by atoms with E-state index in [2.05, 4.69) is 0 Å². The highest BCUT2D eigenvalue weighted by Gasteiger charge is 2.47. The average Bonchev–Trinajstić information content (AvgIpc) is 3.15. The van der Waals surface area contributed by atoms with Gasteiger partial charge in [0, 0.05) is 5.69 Å². The Morgan fingerprint density at radius 1 is 0.971 bits per heavy atom. The predicted molar refractivity (Wildman–Crippen MR) is 113 cm³/mol. The molecule has 3 aromatic carbocycles. The Labute approximate surface area is 191 Å². The monoisotopic (exact) mass is 477 g/mol. The van der Waals surface area contributed by atoms with Gasteiger partial charge in [-0.1, -0.05) is 12.1 Å². The maximum Gasteiger partial charge on any atom is 0.416 e. The molecule has 0 saturated carbocycles. The van der Waals surface area contributed by atoms with Crippen LogP contribution < -0.4 is 9.64 Å². The van der Waals surface area contributed by atoms with Crippen LogP contribution in [-0.4, -0.2) is 35.1 Å². The number of nitrogens with zero attached hydrogens (tertiary/aromatic N) is 1. The molecule has 0 spiro atoms. The number of hydrogen-bond donors (Lipinski definition) is 2. The molecule has 3 unspecified atom stereocenters. The second kappa shape index (κ2) is 9.22. The van der Waals surface area contributed by atoms with Crippen LogP contribution >= 0.6 is 0 Å². The van der Waals surface area contributed by atoms with E-state index in [-0.39, 0.29) is 18.1 Å². The molecule has 1 aliphatic rings. The third-order valence-corrected chi connectivity index (χ3v) is 5.34. The molecule has 0 aromatic heterocycles. The molecular weight excluding hydrogens is 458 g/mol. The van der Waals surface area contributed by atoms with E-state index in [1.165, 1.54) is 41.3 Å². The predicted octanol–water partition coefficient (Wildman–Crippen LogP) is 5.06. The average molecular weight is 477 g/mol. The van der Waals surface area contributed by atoms with Gasteiger partial charge in [-0.15, -0.1) is 0 Å². The number of benzene rings is 3. The molecule has 3 aromatic rings. The minimum atomic E-state index is -4.49. The first-order valence-electron chi connectivity index (χ1n) is 10.2. The Kier molecular flexibility index (Phi) is 6.34. The Morgan fingerprint density at radius 3 is 2.18 bits per heavy atom. The van der Waals surface area contributed by atoms with Crippen LogP contribution in [0, 0.1) is 5.82 Å². The van der Waals surface area contributed by atoms with Crippen molar-refractivity contribution in [3.8, 4) is 11.5 Å². The lowest BCUT2D eigenvalue weighted by atomic mass is 9.96. The Morgan fingerprint density at radius 2 is 1.59 bits per heavy atom. The number of hydrogen-bond acceptors (Lipinski definition) is 5. The fourth-order valence-corrected chi connectivity index (χ4v) is 3.68. The Hall–Kier alpha value is -3.79. The zero-order chi connectivity index (χ0) is 24.5. The molecular formula is C24H19F4NO5. The molecule has 1 heterocycles. The van der Waals surface area contributed by atoms with Gasteiger partial charge in [-0.3, -0.25) is 4.90 Å². The van der Waals surface area contributed by atoms with Gasteiger partial charge < -0.3 is 19.7 Å². The number of aliphatic hydroxyl groups is 1. The van der Waals surface area contributed by atoms with E-state index in [0.717, 1.165) is 24.3 Å². The lowest BCUT2D eigenvalue weighted by molar-refractivity contribution is -0.137. The van der Waals surface area contributed by atoms with E-state index in [9.17, 15) is 32.6 Å². The van der Waals surface area contributed by atoms with Crippen molar-refractivity contribution in [3.63, 3.8) is 0 Å². The van der Waals surface area contributed by atoms with E-state index in [4.69, 9.17) is 9.47 Å². The summed E-state index contributed by atoms with van der Waals surface area (Å²) in [5.74, 6) is -0.419. The Bertz CT molecular complexity index is 1130. The molecule has 1 saturated heterocycles. The van der Waals surface area contributed by atoms with Crippen molar-refractivity contribution >= 4 is 11.8 Å². The maximum absolute atomic E-state index is 13.4. The second-order valence-corrected chi connectivity index (χ2v) is 7.63. The zero-order valence-electron chi connectivity index (χ0n) is 17.4.